The van der Waals surface area contributed by atoms with Crippen molar-refractivity contribution in [2.75, 3.05) is 19.5 Å². The smallest absolute Gasteiger partial charge is 0.321 e. The SMILES string of the molecule is CNC(=O)NC(=O)C(C)Nc1cc(OC)ccc1F. The Hall–Kier alpha value is -2.31. The molecular formula is C12H16FN3O3. The van der Waals surface area contributed by atoms with Crippen molar-refractivity contribution in [2.45, 2.75) is 13.0 Å². The van der Waals surface area contributed by atoms with E-state index in [0.717, 1.165) is 0 Å². The molecule has 0 fully saturated rings. The van der Waals surface area contributed by atoms with Crippen LogP contribution in [0.25, 0.3) is 0 Å². The van der Waals surface area contributed by atoms with Crippen LogP contribution in [0, 0.1) is 5.82 Å². The van der Waals surface area contributed by atoms with E-state index >= 15 is 0 Å². The second-order valence-corrected chi connectivity index (χ2v) is 3.78. The zero-order chi connectivity index (χ0) is 14.4. The second kappa shape index (κ2) is 6.58. The fraction of sp³-hybridized carbons (Fsp3) is 0.333. The summed E-state index contributed by atoms with van der Waals surface area (Å²) in [6, 6.07) is 2.72. The van der Waals surface area contributed by atoms with E-state index in [9.17, 15) is 14.0 Å². The fourth-order valence-electron chi connectivity index (χ4n) is 1.32. The first-order valence-corrected chi connectivity index (χ1v) is 5.60. The van der Waals surface area contributed by atoms with Gasteiger partial charge in [-0.25, -0.2) is 9.18 Å². The van der Waals surface area contributed by atoms with Gasteiger partial charge < -0.3 is 15.4 Å². The van der Waals surface area contributed by atoms with Crippen molar-refractivity contribution in [3.05, 3.63) is 24.0 Å². The molecule has 3 amide bonds. The summed E-state index contributed by atoms with van der Waals surface area (Å²) >= 11 is 0. The van der Waals surface area contributed by atoms with Gasteiger partial charge in [-0.15, -0.1) is 0 Å². The van der Waals surface area contributed by atoms with E-state index in [2.05, 4.69) is 16.0 Å². The third kappa shape index (κ3) is 4.13. The normalized spacial score (nSPS) is 11.4. The Morgan fingerprint density at radius 2 is 2.05 bits per heavy atom. The van der Waals surface area contributed by atoms with Crippen LogP contribution in [0.5, 0.6) is 5.75 Å². The molecule has 0 aliphatic carbocycles. The molecule has 1 aromatic rings. The van der Waals surface area contributed by atoms with Gasteiger partial charge in [0.25, 0.3) is 0 Å². The van der Waals surface area contributed by atoms with E-state index in [1.165, 1.54) is 39.3 Å². The van der Waals surface area contributed by atoms with Crippen LogP contribution in [-0.2, 0) is 4.79 Å². The maximum Gasteiger partial charge on any atom is 0.321 e. The summed E-state index contributed by atoms with van der Waals surface area (Å²) in [6.45, 7) is 1.51. The topological polar surface area (TPSA) is 79.5 Å². The van der Waals surface area contributed by atoms with Gasteiger partial charge in [-0.1, -0.05) is 0 Å². The molecule has 1 unspecified atom stereocenters. The van der Waals surface area contributed by atoms with Gasteiger partial charge in [-0.3, -0.25) is 10.1 Å². The lowest BCUT2D eigenvalue weighted by Crippen LogP contribution is -2.44. The van der Waals surface area contributed by atoms with Crippen molar-refractivity contribution in [3.63, 3.8) is 0 Å². The molecule has 3 N–H and O–H groups in total. The van der Waals surface area contributed by atoms with Crippen LogP contribution in [0.3, 0.4) is 0 Å². The van der Waals surface area contributed by atoms with Crippen molar-refractivity contribution in [1.29, 1.82) is 0 Å². The molecule has 6 nitrogen and oxygen atoms in total. The summed E-state index contributed by atoms with van der Waals surface area (Å²) in [5.41, 5.74) is 0.124. The highest BCUT2D eigenvalue weighted by atomic mass is 19.1. The average Bonchev–Trinajstić information content (AvgIpc) is 2.40. The first-order chi connectivity index (χ1) is 8.97. The van der Waals surface area contributed by atoms with E-state index in [4.69, 9.17) is 4.74 Å². The van der Waals surface area contributed by atoms with Crippen molar-refractivity contribution in [1.82, 2.24) is 10.6 Å². The first-order valence-electron chi connectivity index (χ1n) is 5.60. The Balaban J connectivity index is 2.73. The lowest BCUT2D eigenvalue weighted by molar-refractivity contribution is -0.120. The molecule has 0 radical (unpaired) electrons. The molecule has 0 aliphatic heterocycles. The Labute approximate surface area is 110 Å². The van der Waals surface area contributed by atoms with Crippen molar-refractivity contribution >= 4 is 17.6 Å². The molecule has 0 spiro atoms. The minimum atomic E-state index is -0.779. The molecule has 1 rings (SSSR count). The van der Waals surface area contributed by atoms with E-state index in [1.54, 1.807) is 0 Å². The quantitative estimate of drug-likeness (QED) is 0.764. The lowest BCUT2D eigenvalue weighted by Gasteiger charge is -2.15. The molecule has 7 heteroatoms. The number of carbonyl (C=O) groups is 2. The van der Waals surface area contributed by atoms with Gasteiger partial charge in [0.15, 0.2) is 0 Å². The largest absolute Gasteiger partial charge is 0.497 e. The number of amides is 3. The summed E-state index contributed by atoms with van der Waals surface area (Å²) < 4.78 is 18.5. The highest BCUT2D eigenvalue weighted by Gasteiger charge is 2.16. The highest BCUT2D eigenvalue weighted by Crippen LogP contribution is 2.21. The van der Waals surface area contributed by atoms with E-state index in [0.29, 0.717) is 5.75 Å². The molecule has 0 bridgehead atoms. The maximum absolute atomic E-state index is 13.5. The number of hydrogen-bond donors (Lipinski definition) is 3. The Bertz CT molecular complexity index is 479. The molecule has 0 aliphatic rings. The van der Waals surface area contributed by atoms with Crippen molar-refractivity contribution < 1.29 is 18.7 Å². The number of ether oxygens (including phenoxy) is 1. The minimum absolute atomic E-state index is 0.124. The van der Waals surface area contributed by atoms with Crippen LogP contribution in [-0.4, -0.2) is 32.1 Å². The minimum Gasteiger partial charge on any atom is -0.497 e. The van der Waals surface area contributed by atoms with Crippen LogP contribution < -0.4 is 20.7 Å². The zero-order valence-corrected chi connectivity index (χ0v) is 10.9. The summed E-state index contributed by atoms with van der Waals surface area (Å²) in [6.07, 6.45) is 0. The summed E-state index contributed by atoms with van der Waals surface area (Å²) in [5.74, 6) is -0.621. The number of methoxy groups -OCH3 is 1. The maximum atomic E-state index is 13.5. The number of rotatable bonds is 4. The molecule has 0 saturated carbocycles. The van der Waals surface area contributed by atoms with Gasteiger partial charge in [0, 0.05) is 13.1 Å². The van der Waals surface area contributed by atoms with Crippen LogP contribution >= 0.6 is 0 Å². The molecule has 0 saturated heterocycles. The van der Waals surface area contributed by atoms with Gasteiger partial charge in [-0.2, -0.15) is 0 Å². The van der Waals surface area contributed by atoms with Gasteiger partial charge in [-0.05, 0) is 19.1 Å². The summed E-state index contributed by atoms with van der Waals surface area (Å²) in [7, 11) is 2.85. The molecule has 0 heterocycles. The Morgan fingerprint density at radius 1 is 1.37 bits per heavy atom. The molecule has 19 heavy (non-hydrogen) atoms. The lowest BCUT2D eigenvalue weighted by atomic mass is 10.2. The average molecular weight is 269 g/mol. The fourth-order valence-corrected chi connectivity index (χ4v) is 1.32. The van der Waals surface area contributed by atoms with Crippen LogP contribution in [0.15, 0.2) is 18.2 Å². The third-order valence-corrected chi connectivity index (χ3v) is 2.40. The van der Waals surface area contributed by atoms with Crippen molar-refractivity contribution in [3.8, 4) is 5.75 Å². The number of nitrogens with one attached hydrogen (secondary N) is 3. The number of anilines is 1. The molecule has 1 aromatic carbocycles. The van der Waals surface area contributed by atoms with E-state index < -0.39 is 23.8 Å². The predicted octanol–water partition coefficient (Wildman–Crippen LogP) is 1.09. The first kappa shape index (κ1) is 14.7. The predicted molar refractivity (Wildman–Crippen MR) is 68.6 cm³/mol. The summed E-state index contributed by atoms with van der Waals surface area (Å²) in [5, 5.41) is 7.01. The van der Waals surface area contributed by atoms with Gasteiger partial charge in [0.1, 0.15) is 17.6 Å². The molecular weight excluding hydrogens is 253 g/mol. The highest BCUT2D eigenvalue weighted by molar-refractivity contribution is 5.97. The van der Waals surface area contributed by atoms with E-state index in [1.807, 2.05) is 0 Å². The number of carbonyl (C=O) groups excluding carboxylic acids is 2. The van der Waals surface area contributed by atoms with Crippen LogP contribution in [0.2, 0.25) is 0 Å². The van der Waals surface area contributed by atoms with Crippen molar-refractivity contribution in [2.24, 2.45) is 0 Å². The number of halogens is 1. The Morgan fingerprint density at radius 3 is 2.63 bits per heavy atom. The van der Waals surface area contributed by atoms with Gasteiger partial charge >= 0.3 is 6.03 Å². The monoisotopic (exact) mass is 269 g/mol. The molecule has 1 atom stereocenters. The molecule has 0 aromatic heterocycles. The third-order valence-electron chi connectivity index (χ3n) is 2.40. The Kier molecular flexibility index (Phi) is 5.11. The van der Waals surface area contributed by atoms with Crippen LogP contribution in [0.4, 0.5) is 14.9 Å². The number of imide groups is 1. The van der Waals surface area contributed by atoms with Gasteiger partial charge in [0.2, 0.25) is 5.91 Å². The number of urea groups is 1. The van der Waals surface area contributed by atoms with E-state index in [-0.39, 0.29) is 5.69 Å². The van der Waals surface area contributed by atoms with Crippen LogP contribution in [0.1, 0.15) is 6.92 Å². The number of benzene rings is 1. The number of hydrogen-bond acceptors (Lipinski definition) is 4. The zero-order valence-electron chi connectivity index (χ0n) is 10.9. The standard InChI is InChI=1S/C12H16FN3O3/c1-7(11(17)16-12(18)14-2)15-10-6-8(19-3)4-5-9(10)13/h4-7,15H,1-3H3,(H2,14,16,17,18). The second-order valence-electron chi connectivity index (χ2n) is 3.78. The van der Waals surface area contributed by atoms with Gasteiger partial charge in [0.05, 0.1) is 12.8 Å². The summed E-state index contributed by atoms with van der Waals surface area (Å²) in [4.78, 5) is 22.6. The molecule has 104 valence electrons.